The molecule has 3 amide bonds. The van der Waals surface area contributed by atoms with Crippen LogP contribution in [-0.4, -0.2) is 66.4 Å². The van der Waals surface area contributed by atoms with Gasteiger partial charge in [-0.1, -0.05) is 37.1 Å². The van der Waals surface area contributed by atoms with E-state index >= 15 is 0 Å². The Morgan fingerprint density at radius 1 is 1.14 bits per heavy atom. The van der Waals surface area contributed by atoms with Crippen molar-refractivity contribution in [1.82, 2.24) is 15.5 Å². The average Bonchev–Trinajstić information content (AvgIpc) is 2.78. The van der Waals surface area contributed by atoms with E-state index in [4.69, 9.17) is 4.74 Å². The maximum absolute atomic E-state index is 13.7. The third-order valence-electron chi connectivity index (χ3n) is 5.13. The van der Waals surface area contributed by atoms with Crippen LogP contribution in [0.3, 0.4) is 0 Å². The smallest absolute Gasteiger partial charge is 0.408 e. The monoisotopic (exact) mass is 509 g/mol. The first-order valence-corrected chi connectivity index (χ1v) is 12.3. The lowest BCUT2D eigenvalue weighted by molar-refractivity contribution is -0.144. The van der Waals surface area contributed by atoms with Crippen LogP contribution in [0.15, 0.2) is 18.2 Å². The number of hydrogen-bond acceptors (Lipinski definition) is 7. The third-order valence-corrected chi connectivity index (χ3v) is 5.50. The molecular formula is C25H39N3O6S. The molecule has 35 heavy (non-hydrogen) atoms. The van der Waals surface area contributed by atoms with Crippen LogP contribution in [0, 0.1) is 13.8 Å². The molecule has 10 heteroatoms. The number of carbonyl (C=O) groups is 4. The number of nitrogens with zero attached hydrogens (tertiary/aromatic N) is 1. The minimum Gasteiger partial charge on any atom is -0.468 e. The molecule has 0 saturated carbocycles. The van der Waals surface area contributed by atoms with Gasteiger partial charge in [0.05, 0.1) is 7.11 Å². The molecular weight excluding hydrogens is 470 g/mol. The van der Waals surface area contributed by atoms with Crippen molar-refractivity contribution in [2.75, 3.05) is 26.0 Å². The number of nitrogens with one attached hydrogen (secondary N) is 2. The highest BCUT2D eigenvalue weighted by Gasteiger charge is 2.36. The number of thiol groups is 1. The lowest BCUT2D eigenvalue weighted by atomic mass is 9.96. The van der Waals surface area contributed by atoms with E-state index in [2.05, 4.69) is 28.0 Å². The third kappa shape index (κ3) is 9.79. The average molecular weight is 510 g/mol. The number of alkyl carbamates (subject to hydrolysis) is 1. The van der Waals surface area contributed by atoms with Crippen LogP contribution in [0.2, 0.25) is 0 Å². The van der Waals surface area contributed by atoms with Crippen molar-refractivity contribution in [1.29, 1.82) is 0 Å². The van der Waals surface area contributed by atoms with E-state index in [0.29, 0.717) is 12.0 Å². The molecule has 0 saturated heterocycles. The molecule has 0 aliphatic carbocycles. The highest BCUT2D eigenvalue weighted by molar-refractivity contribution is 7.80. The first-order chi connectivity index (χ1) is 16.3. The van der Waals surface area contributed by atoms with Gasteiger partial charge < -0.3 is 25.0 Å². The van der Waals surface area contributed by atoms with Crippen molar-refractivity contribution in [2.45, 2.75) is 72.1 Å². The summed E-state index contributed by atoms with van der Waals surface area (Å²) >= 11 is 4.27. The SMILES string of the molecule is CCCCN(C(=O)C(CS)NC(=O)OC(C)(C)C)C(C(=O)NCC(=O)OC)c1cc(C)ccc1C. The number of benzene rings is 1. The molecule has 0 radical (unpaired) electrons. The Balaban J connectivity index is 3.44. The second-order valence-corrected chi connectivity index (χ2v) is 9.69. The summed E-state index contributed by atoms with van der Waals surface area (Å²) in [6, 6.07) is 3.59. The Kier molecular flexibility index (Phi) is 12.1. The van der Waals surface area contributed by atoms with E-state index in [1.165, 1.54) is 12.0 Å². The van der Waals surface area contributed by atoms with E-state index in [1.54, 1.807) is 20.8 Å². The van der Waals surface area contributed by atoms with Crippen LogP contribution < -0.4 is 10.6 Å². The molecule has 0 aliphatic rings. The molecule has 0 aliphatic heterocycles. The lowest BCUT2D eigenvalue weighted by Crippen LogP contribution is -2.54. The van der Waals surface area contributed by atoms with Gasteiger partial charge in [0, 0.05) is 12.3 Å². The summed E-state index contributed by atoms with van der Waals surface area (Å²) in [4.78, 5) is 52.6. The molecule has 2 atom stereocenters. The standard InChI is InChI=1S/C25H39N3O6S/c1-8-9-12-28(23(31)19(15-35)27-24(32)34-25(4,5)6)21(22(30)26-14-20(29)33-7)18-13-16(2)10-11-17(18)3/h10-11,13,19,21,35H,8-9,12,14-15H2,1-7H3,(H,26,30)(H,27,32). The highest BCUT2D eigenvalue weighted by Crippen LogP contribution is 2.27. The van der Waals surface area contributed by atoms with E-state index in [9.17, 15) is 19.2 Å². The molecule has 0 spiro atoms. The number of ether oxygens (including phenoxy) is 2. The molecule has 1 aromatic rings. The molecule has 196 valence electrons. The van der Waals surface area contributed by atoms with Gasteiger partial charge >= 0.3 is 12.1 Å². The fourth-order valence-corrected chi connectivity index (χ4v) is 3.61. The number of aryl methyl sites for hydroxylation is 2. The normalized spacial score (nSPS) is 12.8. The summed E-state index contributed by atoms with van der Waals surface area (Å²) in [5.74, 6) is -1.60. The summed E-state index contributed by atoms with van der Waals surface area (Å²) in [7, 11) is 1.23. The van der Waals surface area contributed by atoms with E-state index < -0.39 is 41.6 Å². The van der Waals surface area contributed by atoms with Crippen LogP contribution in [-0.2, 0) is 23.9 Å². The number of hydrogen-bond donors (Lipinski definition) is 3. The Morgan fingerprint density at radius 3 is 2.34 bits per heavy atom. The molecule has 0 fully saturated rings. The van der Waals surface area contributed by atoms with Crippen molar-refractivity contribution in [3.63, 3.8) is 0 Å². The summed E-state index contributed by atoms with van der Waals surface area (Å²) in [5, 5.41) is 5.16. The zero-order chi connectivity index (χ0) is 26.8. The molecule has 1 rings (SSSR count). The number of unbranched alkanes of at least 4 members (excludes halogenated alkanes) is 1. The fourth-order valence-electron chi connectivity index (χ4n) is 3.36. The number of rotatable bonds is 11. The highest BCUT2D eigenvalue weighted by atomic mass is 32.1. The van der Waals surface area contributed by atoms with E-state index in [1.807, 2.05) is 39.0 Å². The van der Waals surface area contributed by atoms with Crippen LogP contribution in [0.4, 0.5) is 4.79 Å². The number of amides is 3. The fraction of sp³-hybridized carbons (Fsp3) is 0.600. The molecule has 9 nitrogen and oxygen atoms in total. The van der Waals surface area contributed by atoms with Gasteiger partial charge in [0.1, 0.15) is 24.2 Å². The van der Waals surface area contributed by atoms with Crippen molar-refractivity contribution in [3.8, 4) is 0 Å². The molecule has 0 heterocycles. The summed E-state index contributed by atoms with van der Waals surface area (Å²) < 4.78 is 9.94. The molecule has 0 aromatic heterocycles. The predicted molar refractivity (Wildman–Crippen MR) is 137 cm³/mol. The summed E-state index contributed by atoms with van der Waals surface area (Å²) in [6.07, 6.45) is 0.653. The van der Waals surface area contributed by atoms with E-state index in [0.717, 1.165) is 17.5 Å². The minimum atomic E-state index is -1.03. The summed E-state index contributed by atoms with van der Waals surface area (Å²) in [5.41, 5.74) is 1.61. The number of methoxy groups -OCH3 is 1. The topological polar surface area (TPSA) is 114 Å². The van der Waals surface area contributed by atoms with Crippen LogP contribution in [0.5, 0.6) is 0 Å². The van der Waals surface area contributed by atoms with Gasteiger partial charge in [-0.25, -0.2) is 4.79 Å². The van der Waals surface area contributed by atoms with Crippen LogP contribution >= 0.6 is 12.6 Å². The van der Waals surface area contributed by atoms with Gasteiger partial charge in [0.2, 0.25) is 11.8 Å². The van der Waals surface area contributed by atoms with Crippen molar-refractivity contribution >= 4 is 36.5 Å². The Labute approximate surface area is 213 Å². The van der Waals surface area contributed by atoms with E-state index in [-0.39, 0.29) is 18.8 Å². The zero-order valence-electron chi connectivity index (χ0n) is 21.8. The Bertz CT molecular complexity index is 900. The van der Waals surface area contributed by atoms with Gasteiger partial charge in [-0.05, 0) is 52.2 Å². The Morgan fingerprint density at radius 2 is 1.80 bits per heavy atom. The first-order valence-electron chi connectivity index (χ1n) is 11.7. The zero-order valence-corrected chi connectivity index (χ0v) is 22.7. The molecule has 1 aromatic carbocycles. The maximum atomic E-state index is 13.7. The molecule has 0 bridgehead atoms. The van der Waals surface area contributed by atoms with Gasteiger partial charge in [-0.3, -0.25) is 14.4 Å². The molecule has 2 unspecified atom stereocenters. The van der Waals surface area contributed by atoms with Crippen molar-refractivity contribution < 1.29 is 28.7 Å². The predicted octanol–water partition coefficient (Wildman–Crippen LogP) is 3.09. The first kappa shape index (κ1) is 30.3. The van der Waals surface area contributed by atoms with Crippen molar-refractivity contribution in [3.05, 3.63) is 34.9 Å². The maximum Gasteiger partial charge on any atom is 0.408 e. The quantitative estimate of drug-likeness (QED) is 0.312. The lowest BCUT2D eigenvalue weighted by Gasteiger charge is -2.35. The second kappa shape index (κ2) is 14.0. The Hall–Kier alpha value is -2.75. The minimum absolute atomic E-state index is 0.00397. The van der Waals surface area contributed by atoms with Gasteiger partial charge in [-0.15, -0.1) is 0 Å². The second-order valence-electron chi connectivity index (χ2n) is 9.32. The van der Waals surface area contributed by atoms with Gasteiger partial charge in [-0.2, -0.15) is 12.6 Å². The summed E-state index contributed by atoms with van der Waals surface area (Å²) in [6.45, 7) is 10.8. The largest absolute Gasteiger partial charge is 0.468 e. The molecule has 2 N–H and O–H groups in total. The van der Waals surface area contributed by atoms with Crippen LogP contribution in [0.1, 0.15) is 63.3 Å². The number of carbonyl (C=O) groups excluding carboxylic acids is 4. The van der Waals surface area contributed by atoms with Crippen LogP contribution in [0.25, 0.3) is 0 Å². The van der Waals surface area contributed by atoms with Crippen molar-refractivity contribution in [2.24, 2.45) is 0 Å². The number of esters is 1. The van der Waals surface area contributed by atoms with Gasteiger partial charge in [0.25, 0.3) is 0 Å². The van der Waals surface area contributed by atoms with Gasteiger partial charge in [0.15, 0.2) is 0 Å².